The minimum Gasteiger partial charge on any atom is -0.456 e. The maximum atomic E-state index is 6.46. The van der Waals surface area contributed by atoms with E-state index in [4.69, 9.17) is 8.83 Å². The molecule has 0 saturated heterocycles. The van der Waals surface area contributed by atoms with Gasteiger partial charge in [0.05, 0.1) is 55.2 Å². The summed E-state index contributed by atoms with van der Waals surface area (Å²) < 4.78 is 22.1. The van der Waals surface area contributed by atoms with Gasteiger partial charge in [0.2, 0.25) is 0 Å². The van der Waals surface area contributed by atoms with Gasteiger partial charge in [-0.2, -0.15) is 0 Å². The molecule has 6 nitrogen and oxygen atoms in total. The highest BCUT2D eigenvalue weighted by molar-refractivity contribution is 6.18. The zero-order valence-electron chi connectivity index (χ0n) is 51.9. The average Bonchev–Trinajstić information content (AvgIpc) is 1.58. The van der Waals surface area contributed by atoms with Crippen LogP contribution in [0, 0.1) is 0 Å². The maximum absolute atomic E-state index is 6.46. The third-order valence-electron chi connectivity index (χ3n) is 19.8. The van der Waals surface area contributed by atoms with Gasteiger partial charge in [-0.3, -0.25) is 0 Å². The number of hydrogen-bond acceptors (Lipinski definition) is 2. The number of fused-ring (bicyclic) bond motifs is 18. The normalized spacial score (nSPS) is 12.0. The molecule has 0 aliphatic rings. The Labute approximate surface area is 550 Å². The number of aromatic nitrogens is 4. The molecule has 6 heterocycles. The van der Waals surface area contributed by atoms with Gasteiger partial charge in [-0.15, -0.1) is 0 Å². The highest BCUT2D eigenvalue weighted by atomic mass is 16.3. The van der Waals surface area contributed by atoms with Crippen molar-refractivity contribution in [3.63, 3.8) is 0 Å². The Kier molecular flexibility index (Phi) is 11.9. The molecule has 0 bridgehead atoms. The van der Waals surface area contributed by atoms with Crippen LogP contribution in [0.4, 0.5) is 0 Å². The molecule has 0 fully saturated rings. The van der Waals surface area contributed by atoms with Crippen LogP contribution in [0.25, 0.3) is 187 Å². The smallest absolute Gasteiger partial charge is 0.137 e. The molecule has 21 aromatic rings. The van der Waals surface area contributed by atoms with Crippen LogP contribution >= 0.6 is 0 Å². The van der Waals surface area contributed by atoms with E-state index in [9.17, 15) is 0 Å². The molecule has 448 valence electrons. The predicted molar refractivity (Wildman–Crippen MR) is 401 cm³/mol. The van der Waals surface area contributed by atoms with Gasteiger partial charge in [0.25, 0.3) is 0 Å². The second kappa shape index (κ2) is 21.3. The fourth-order valence-corrected chi connectivity index (χ4v) is 15.5. The number of hydrogen-bond donors (Lipinski definition) is 0. The second-order valence-electron chi connectivity index (χ2n) is 25.1. The van der Waals surface area contributed by atoms with E-state index in [1.54, 1.807) is 0 Å². The molecule has 0 saturated carbocycles. The van der Waals surface area contributed by atoms with Crippen LogP contribution in [0.5, 0.6) is 0 Å². The number of furan rings is 2. The minimum atomic E-state index is 0.887. The summed E-state index contributed by atoms with van der Waals surface area (Å²) in [5, 5.41) is 14.5. The van der Waals surface area contributed by atoms with Crippen LogP contribution < -0.4 is 0 Å². The van der Waals surface area contributed by atoms with Gasteiger partial charge in [0.15, 0.2) is 0 Å². The summed E-state index contributed by atoms with van der Waals surface area (Å²) in [5.41, 5.74) is 25.0. The second-order valence-corrected chi connectivity index (χ2v) is 25.1. The van der Waals surface area contributed by atoms with Gasteiger partial charge < -0.3 is 27.1 Å². The van der Waals surface area contributed by atoms with Gasteiger partial charge in [0.1, 0.15) is 22.3 Å². The van der Waals surface area contributed by atoms with E-state index in [0.717, 1.165) is 55.3 Å². The van der Waals surface area contributed by atoms with Crippen molar-refractivity contribution in [3.05, 3.63) is 340 Å². The van der Waals surface area contributed by atoms with Gasteiger partial charge in [-0.05, 0) is 179 Å². The first kappa shape index (κ1) is 53.7. The monoisotopic (exact) mass is 1220 g/mol. The van der Waals surface area contributed by atoms with Crippen molar-refractivity contribution in [2.24, 2.45) is 0 Å². The lowest BCUT2D eigenvalue weighted by Crippen LogP contribution is -1.94. The molecule has 0 aliphatic heterocycles. The van der Waals surface area contributed by atoms with Crippen LogP contribution in [0.15, 0.2) is 349 Å². The van der Waals surface area contributed by atoms with Crippen molar-refractivity contribution < 1.29 is 8.83 Å². The zero-order valence-corrected chi connectivity index (χ0v) is 51.9. The van der Waals surface area contributed by atoms with Crippen molar-refractivity contribution >= 4 is 131 Å². The van der Waals surface area contributed by atoms with Gasteiger partial charge in [-0.1, -0.05) is 194 Å². The van der Waals surface area contributed by atoms with Crippen LogP contribution in [0.1, 0.15) is 0 Å². The van der Waals surface area contributed by atoms with Crippen molar-refractivity contribution in [1.82, 2.24) is 18.3 Å². The standard InChI is InChI=1S/C48H30N2O.C42H26N2O/c1-3-12-31(13-4-1)32-24-27-46-40(30-32)48-45(20-11-21-47(48)51-46)50-42-19-10-8-17-37(42)39-29-34(23-26-44(39)50)33-22-25-43-38(28-33)36-16-7-9-18-41(36)49(43)35-14-5-2-6-15-35;1-2-10-29(11-3-1)43-37-15-7-4-12-31(37)34-24-27(18-21-39(34)43)28-19-22-40-35(25-28)32-13-5-8-16-38(32)44(40)30-20-23-42-36(26-30)33-14-6-9-17-41(33)45-42/h1-30H;1-26H. The first-order valence-corrected chi connectivity index (χ1v) is 32.8. The zero-order chi connectivity index (χ0) is 63.0. The van der Waals surface area contributed by atoms with Gasteiger partial charge >= 0.3 is 0 Å². The molecule has 15 aromatic carbocycles. The van der Waals surface area contributed by atoms with Crippen LogP contribution in [-0.4, -0.2) is 18.3 Å². The Hall–Kier alpha value is -12.9. The lowest BCUT2D eigenvalue weighted by Gasteiger charge is -2.11. The van der Waals surface area contributed by atoms with Gasteiger partial charge in [0, 0.05) is 76.3 Å². The SMILES string of the molecule is c1ccc(-c2ccc3oc4cccc(-n5c6ccccc6c6cc(-c7ccc8c(c7)c7ccccc7n8-c7ccccc7)ccc65)c4c3c2)cc1.c1ccc(-n2c3ccccc3c3cc(-c4ccc5c(c4)c4ccccc4n5-c4ccc5oc6ccccc6c5c4)ccc32)cc1. The average molecular weight is 1230 g/mol. The lowest BCUT2D eigenvalue weighted by atomic mass is 10.0. The molecular weight excluding hydrogens is 1170 g/mol. The van der Waals surface area contributed by atoms with Gasteiger partial charge in [-0.25, -0.2) is 0 Å². The summed E-state index contributed by atoms with van der Waals surface area (Å²) in [6, 6.07) is 122. The fourth-order valence-electron chi connectivity index (χ4n) is 15.5. The number of nitrogens with zero attached hydrogens (tertiary/aromatic N) is 4. The molecule has 0 aliphatic carbocycles. The molecular formula is C90H56N4O2. The molecule has 0 spiro atoms. The van der Waals surface area contributed by atoms with Crippen molar-refractivity contribution in [2.45, 2.75) is 0 Å². The molecule has 0 atom stereocenters. The molecule has 96 heavy (non-hydrogen) atoms. The van der Waals surface area contributed by atoms with Crippen LogP contribution in [0.3, 0.4) is 0 Å². The summed E-state index contributed by atoms with van der Waals surface area (Å²) in [6.07, 6.45) is 0. The third-order valence-corrected chi connectivity index (χ3v) is 19.8. The van der Waals surface area contributed by atoms with Crippen LogP contribution in [-0.2, 0) is 0 Å². The topological polar surface area (TPSA) is 46.0 Å². The van der Waals surface area contributed by atoms with E-state index in [2.05, 4.69) is 346 Å². The maximum Gasteiger partial charge on any atom is 0.137 e. The first-order valence-electron chi connectivity index (χ1n) is 32.8. The minimum absolute atomic E-state index is 0.887. The molecule has 0 radical (unpaired) electrons. The lowest BCUT2D eigenvalue weighted by molar-refractivity contribution is 0.668. The van der Waals surface area contributed by atoms with E-state index in [1.165, 1.54) is 132 Å². The highest BCUT2D eigenvalue weighted by Gasteiger charge is 2.22. The Morgan fingerprint density at radius 3 is 1.01 bits per heavy atom. The van der Waals surface area contributed by atoms with E-state index >= 15 is 0 Å². The molecule has 6 heteroatoms. The van der Waals surface area contributed by atoms with E-state index in [1.807, 2.05) is 12.1 Å². The summed E-state index contributed by atoms with van der Waals surface area (Å²) in [6.45, 7) is 0. The fraction of sp³-hybridized carbons (Fsp3) is 0. The van der Waals surface area contributed by atoms with Crippen molar-refractivity contribution in [2.75, 3.05) is 0 Å². The molecule has 6 aromatic heterocycles. The first-order chi connectivity index (χ1) is 47.6. The van der Waals surface area contributed by atoms with Crippen molar-refractivity contribution in [1.29, 1.82) is 0 Å². The molecule has 0 amide bonds. The summed E-state index contributed by atoms with van der Waals surface area (Å²) in [4.78, 5) is 0. The Morgan fingerprint density at radius 2 is 0.500 bits per heavy atom. The number of para-hydroxylation sites is 7. The van der Waals surface area contributed by atoms with E-state index in [0.29, 0.717) is 0 Å². The Bertz CT molecular complexity index is 6700. The van der Waals surface area contributed by atoms with Crippen molar-refractivity contribution in [3.8, 4) is 56.1 Å². The summed E-state index contributed by atoms with van der Waals surface area (Å²) >= 11 is 0. The largest absolute Gasteiger partial charge is 0.456 e. The third kappa shape index (κ3) is 8.32. The summed E-state index contributed by atoms with van der Waals surface area (Å²) in [5.74, 6) is 0. The predicted octanol–water partition coefficient (Wildman–Crippen LogP) is 24.6. The van der Waals surface area contributed by atoms with E-state index < -0.39 is 0 Å². The molecule has 21 rings (SSSR count). The van der Waals surface area contributed by atoms with Crippen LogP contribution in [0.2, 0.25) is 0 Å². The highest BCUT2D eigenvalue weighted by Crippen LogP contribution is 2.44. The Balaban J connectivity index is 0.000000132. The number of rotatable bonds is 7. The number of benzene rings is 15. The Morgan fingerprint density at radius 1 is 0.167 bits per heavy atom. The van der Waals surface area contributed by atoms with E-state index in [-0.39, 0.29) is 0 Å². The molecule has 0 N–H and O–H groups in total. The summed E-state index contributed by atoms with van der Waals surface area (Å²) in [7, 11) is 0. The molecule has 0 unspecified atom stereocenters. The quantitative estimate of drug-likeness (QED) is 0.160.